The number of hydrogen-bond donors (Lipinski definition) is 1. The van der Waals surface area contributed by atoms with Crippen molar-refractivity contribution in [1.82, 2.24) is 14.3 Å². The number of hydrogen-bond acceptors (Lipinski definition) is 2. The Hall–Kier alpha value is -2.56. The molecule has 0 amide bonds. The summed E-state index contributed by atoms with van der Waals surface area (Å²) in [5.41, 5.74) is 3.28. The van der Waals surface area contributed by atoms with Crippen LogP contribution in [-0.2, 0) is 13.6 Å². The molecule has 0 unspecified atom stereocenters. The normalized spacial score (nSPS) is 11.2. The number of rotatable bonds is 2. The molecule has 0 aliphatic carbocycles. The first-order valence-electron chi connectivity index (χ1n) is 6.82. The molecule has 0 aliphatic heterocycles. The molecular weight excluding hydrogens is 266 g/mol. The Balaban J connectivity index is 2.18. The number of nitrogens with one attached hydrogen (secondary N) is 1. The number of fused-ring (bicyclic) bond motifs is 1. The van der Waals surface area contributed by atoms with Gasteiger partial charge >= 0.3 is 0 Å². The number of benzene rings is 1. The molecule has 21 heavy (non-hydrogen) atoms. The summed E-state index contributed by atoms with van der Waals surface area (Å²) in [5, 5.41) is 3.47. The minimum atomic E-state index is -0.111. The average molecular weight is 283 g/mol. The fraction of sp³-hybridized carbons (Fsp3) is 0.250. The van der Waals surface area contributed by atoms with Crippen LogP contribution in [-0.4, -0.2) is 14.3 Å². The second kappa shape index (κ2) is 4.77. The van der Waals surface area contributed by atoms with Crippen LogP contribution in [0.25, 0.3) is 10.9 Å². The summed E-state index contributed by atoms with van der Waals surface area (Å²) in [6.45, 7) is 4.30. The molecule has 0 saturated heterocycles. The molecule has 0 saturated carbocycles. The molecule has 1 N–H and O–H groups in total. The molecule has 0 radical (unpaired) electrons. The molecular formula is C16H17N3O2. The lowest BCUT2D eigenvalue weighted by Crippen LogP contribution is -2.23. The van der Waals surface area contributed by atoms with Gasteiger partial charge in [0.05, 0.1) is 17.4 Å². The molecule has 0 spiro atoms. The predicted molar refractivity (Wildman–Crippen MR) is 82.8 cm³/mol. The maximum absolute atomic E-state index is 12.3. The van der Waals surface area contributed by atoms with Crippen molar-refractivity contribution >= 4 is 10.9 Å². The Morgan fingerprint density at radius 1 is 1.10 bits per heavy atom. The van der Waals surface area contributed by atoms with Gasteiger partial charge in [-0.1, -0.05) is 29.8 Å². The predicted octanol–water partition coefficient (Wildman–Crippen LogP) is 1.69. The maximum Gasteiger partial charge on any atom is 0.275 e. The van der Waals surface area contributed by atoms with Gasteiger partial charge in [0, 0.05) is 18.8 Å². The Morgan fingerprint density at radius 3 is 2.43 bits per heavy atom. The minimum Gasteiger partial charge on any atom is -0.308 e. The Bertz CT molecular complexity index is 927. The third kappa shape index (κ3) is 2.20. The second-order valence-corrected chi connectivity index (χ2v) is 5.40. The lowest BCUT2D eigenvalue weighted by Gasteiger charge is -2.10. The van der Waals surface area contributed by atoms with E-state index in [0.717, 1.165) is 5.56 Å². The van der Waals surface area contributed by atoms with E-state index in [2.05, 4.69) is 5.10 Å². The van der Waals surface area contributed by atoms with Crippen LogP contribution in [0.5, 0.6) is 0 Å². The van der Waals surface area contributed by atoms with Gasteiger partial charge in [0.25, 0.3) is 11.1 Å². The molecule has 108 valence electrons. The van der Waals surface area contributed by atoms with E-state index in [-0.39, 0.29) is 11.1 Å². The summed E-state index contributed by atoms with van der Waals surface area (Å²) in [4.78, 5) is 24.4. The summed E-state index contributed by atoms with van der Waals surface area (Å²) in [6, 6.07) is 9.52. The van der Waals surface area contributed by atoms with E-state index in [9.17, 15) is 9.59 Å². The first-order chi connectivity index (χ1) is 9.97. The van der Waals surface area contributed by atoms with Crippen molar-refractivity contribution in [3.63, 3.8) is 0 Å². The molecule has 2 heterocycles. The number of aromatic amines is 1. The first-order valence-corrected chi connectivity index (χ1v) is 6.82. The summed E-state index contributed by atoms with van der Waals surface area (Å²) in [7, 11) is 1.65. The van der Waals surface area contributed by atoms with Crippen molar-refractivity contribution in [1.29, 1.82) is 0 Å². The van der Waals surface area contributed by atoms with E-state index in [4.69, 9.17) is 0 Å². The van der Waals surface area contributed by atoms with Crippen molar-refractivity contribution < 1.29 is 0 Å². The molecule has 3 aromatic rings. The molecule has 5 heteroatoms. The third-order valence-electron chi connectivity index (χ3n) is 3.84. The summed E-state index contributed by atoms with van der Waals surface area (Å²) >= 11 is 0. The van der Waals surface area contributed by atoms with Gasteiger partial charge in [-0.2, -0.15) is 0 Å². The number of H-pyrrole nitrogens is 1. The average Bonchev–Trinajstić information content (AvgIpc) is 2.72. The molecule has 2 aromatic heterocycles. The highest BCUT2D eigenvalue weighted by atomic mass is 16.1. The van der Waals surface area contributed by atoms with Crippen LogP contribution in [0, 0.1) is 13.8 Å². The van der Waals surface area contributed by atoms with Gasteiger partial charge in [0.15, 0.2) is 0 Å². The zero-order valence-electron chi connectivity index (χ0n) is 12.3. The van der Waals surface area contributed by atoms with Gasteiger partial charge in [-0.15, -0.1) is 0 Å². The highest BCUT2D eigenvalue weighted by Crippen LogP contribution is 2.12. The quantitative estimate of drug-likeness (QED) is 0.778. The topological polar surface area (TPSA) is 59.8 Å². The minimum absolute atomic E-state index is 0.109. The molecule has 3 rings (SSSR count). The van der Waals surface area contributed by atoms with E-state index in [0.29, 0.717) is 23.1 Å². The van der Waals surface area contributed by atoms with E-state index in [1.807, 2.05) is 38.1 Å². The molecule has 5 nitrogen and oxygen atoms in total. The lowest BCUT2D eigenvalue weighted by atomic mass is 10.1. The van der Waals surface area contributed by atoms with Crippen molar-refractivity contribution in [2.45, 2.75) is 20.4 Å². The van der Waals surface area contributed by atoms with Crippen molar-refractivity contribution in [3.8, 4) is 0 Å². The van der Waals surface area contributed by atoms with Crippen LogP contribution in [0.1, 0.15) is 16.8 Å². The largest absolute Gasteiger partial charge is 0.308 e. The van der Waals surface area contributed by atoms with E-state index in [1.54, 1.807) is 11.6 Å². The second-order valence-electron chi connectivity index (χ2n) is 5.40. The lowest BCUT2D eigenvalue weighted by molar-refractivity contribution is 0.737. The maximum atomic E-state index is 12.3. The van der Waals surface area contributed by atoms with Gasteiger partial charge in [0.1, 0.15) is 0 Å². The van der Waals surface area contributed by atoms with E-state index >= 15 is 0 Å². The van der Waals surface area contributed by atoms with Gasteiger partial charge < -0.3 is 4.57 Å². The molecule has 0 aliphatic rings. The van der Waals surface area contributed by atoms with Crippen LogP contribution in [0.4, 0.5) is 0 Å². The van der Waals surface area contributed by atoms with Crippen LogP contribution < -0.4 is 11.1 Å². The van der Waals surface area contributed by atoms with Crippen LogP contribution in [0.3, 0.4) is 0 Å². The highest BCUT2D eigenvalue weighted by molar-refractivity contribution is 5.79. The zero-order valence-corrected chi connectivity index (χ0v) is 12.3. The SMILES string of the molecule is Cc1ccc(Cn2c(C)c3c(=O)n(C)[nH]c3cc2=O)cc1. The standard InChI is InChI=1S/C16H17N3O2/c1-10-4-6-12(7-5-10)9-19-11(2)15-13(8-14(19)20)17-18(3)16(15)21/h4-8,17H,9H2,1-3H3. The van der Waals surface area contributed by atoms with Gasteiger partial charge in [-0.25, -0.2) is 0 Å². The Labute approximate surface area is 121 Å². The molecule has 0 bridgehead atoms. The van der Waals surface area contributed by atoms with Crippen LogP contribution in [0.15, 0.2) is 39.9 Å². The monoisotopic (exact) mass is 283 g/mol. The third-order valence-corrected chi connectivity index (χ3v) is 3.84. The number of nitrogens with zero attached hydrogens (tertiary/aromatic N) is 2. The van der Waals surface area contributed by atoms with Crippen LogP contribution >= 0.6 is 0 Å². The molecule has 0 atom stereocenters. The summed E-state index contributed by atoms with van der Waals surface area (Å²) < 4.78 is 3.04. The highest BCUT2D eigenvalue weighted by Gasteiger charge is 2.12. The van der Waals surface area contributed by atoms with E-state index < -0.39 is 0 Å². The molecule has 1 aromatic carbocycles. The van der Waals surface area contributed by atoms with Gasteiger partial charge in [-0.3, -0.25) is 19.4 Å². The first kappa shape index (κ1) is 13.4. The summed E-state index contributed by atoms with van der Waals surface area (Å²) in [5.74, 6) is 0. The smallest absolute Gasteiger partial charge is 0.275 e. The van der Waals surface area contributed by atoms with Gasteiger partial charge in [-0.05, 0) is 19.4 Å². The Morgan fingerprint density at radius 2 is 1.76 bits per heavy atom. The van der Waals surface area contributed by atoms with E-state index in [1.165, 1.54) is 16.3 Å². The van der Waals surface area contributed by atoms with Gasteiger partial charge in [0.2, 0.25) is 0 Å². The van der Waals surface area contributed by atoms with Crippen molar-refractivity contribution in [2.24, 2.45) is 7.05 Å². The van der Waals surface area contributed by atoms with Crippen molar-refractivity contribution in [3.05, 3.63) is 67.9 Å². The summed E-state index contributed by atoms with van der Waals surface area (Å²) in [6.07, 6.45) is 0. The van der Waals surface area contributed by atoms with Crippen LogP contribution in [0.2, 0.25) is 0 Å². The number of aryl methyl sites for hydroxylation is 3. The zero-order chi connectivity index (χ0) is 15.1. The molecule has 0 fully saturated rings. The fourth-order valence-electron chi connectivity index (χ4n) is 2.60. The number of aromatic nitrogens is 3. The Kier molecular flexibility index (Phi) is 3.05. The number of pyridine rings is 1. The fourth-order valence-corrected chi connectivity index (χ4v) is 2.60. The van der Waals surface area contributed by atoms with Crippen molar-refractivity contribution in [2.75, 3.05) is 0 Å².